The van der Waals surface area contributed by atoms with Crippen molar-refractivity contribution in [1.29, 1.82) is 0 Å². The van der Waals surface area contributed by atoms with Crippen LogP contribution in [-0.2, 0) is 6.42 Å². The highest BCUT2D eigenvalue weighted by atomic mass is 32.1. The number of nitrogens with one attached hydrogen (secondary N) is 1. The van der Waals surface area contributed by atoms with Crippen LogP contribution in [0.4, 0.5) is 5.00 Å². The number of nitrogens with zero attached hydrogens (tertiary/aromatic N) is 1. The molecule has 86 valence electrons. The SMILES string of the molecule is CCc1nc(-c2c[nH]c3ccccc23)c(N)s1. The van der Waals surface area contributed by atoms with Gasteiger partial charge in [0.1, 0.15) is 10.7 Å². The third-order valence-corrected chi connectivity index (χ3v) is 3.87. The Hall–Kier alpha value is -1.81. The van der Waals surface area contributed by atoms with Gasteiger partial charge in [0.15, 0.2) is 0 Å². The van der Waals surface area contributed by atoms with Crippen LogP contribution >= 0.6 is 11.3 Å². The lowest BCUT2D eigenvalue weighted by molar-refractivity contribution is 1.10. The first kappa shape index (κ1) is 10.4. The summed E-state index contributed by atoms with van der Waals surface area (Å²) in [4.78, 5) is 7.84. The van der Waals surface area contributed by atoms with Crippen molar-refractivity contribution in [2.75, 3.05) is 5.73 Å². The molecule has 0 fully saturated rings. The quantitative estimate of drug-likeness (QED) is 0.724. The third-order valence-electron chi connectivity index (χ3n) is 2.84. The molecule has 0 unspecified atom stereocenters. The molecular weight excluding hydrogens is 230 g/mol. The summed E-state index contributed by atoms with van der Waals surface area (Å²) in [5.74, 6) is 0. The maximum atomic E-state index is 6.04. The van der Waals surface area contributed by atoms with Crippen LogP contribution in [0.25, 0.3) is 22.2 Å². The largest absolute Gasteiger partial charge is 0.389 e. The highest BCUT2D eigenvalue weighted by Gasteiger charge is 2.13. The van der Waals surface area contributed by atoms with Crippen LogP contribution in [0.15, 0.2) is 30.5 Å². The maximum Gasteiger partial charge on any atom is 0.114 e. The zero-order chi connectivity index (χ0) is 11.8. The monoisotopic (exact) mass is 243 g/mol. The van der Waals surface area contributed by atoms with Crippen molar-refractivity contribution in [3.8, 4) is 11.3 Å². The number of nitrogen functional groups attached to an aromatic ring is 1. The Morgan fingerprint density at radius 3 is 2.94 bits per heavy atom. The molecule has 3 aromatic rings. The highest BCUT2D eigenvalue weighted by Crippen LogP contribution is 2.35. The number of nitrogens with two attached hydrogens (primary N) is 1. The number of hydrogen-bond donors (Lipinski definition) is 2. The molecule has 0 aliphatic heterocycles. The molecule has 0 saturated carbocycles. The number of aromatic nitrogens is 2. The van der Waals surface area contributed by atoms with E-state index in [4.69, 9.17) is 5.73 Å². The van der Waals surface area contributed by atoms with Crippen LogP contribution in [0.2, 0.25) is 0 Å². The number of fused-ring (bicyclic) bond motifs is 1. The lowest BCUT2D eigenvalue weighted by Crippen LogP contribution is -1.84. The first-order valence-corrected chi connectivity index (χ1v) is 6.43. The topological polar surface area (TPSA) is 54.7 Å². The van der Waals surface area contributed by atoms with E-state index in [1.165, 1.54) is 5.39 Å². The van der Waals surface area contributed by atoms with Gasteiger partial charge in [0, 0.05) is 22.7 Å². The smallest absolute Gasteiger partial charge is 0.114 e. The first-order valence-electron chi connectivity index (χ1n) is 5.61. The van der Waals surface area contributed by atoms with Gasteiger partial charge < -0.3 is 10.7 Å². The predicted octanol–water partition coefficient (Wildman–Crippen LogP) is 3.44. The van der Waals surface area contributed by atoms with Gasteiger partial charge in [0.05, 0.1) is 5.01 Å². The van der Waals surface area contributed by atoms with E-state index in [0.29, 0.717) is 0 Å². The van der Waals surface area contributed by atoms with Gasteiger partial charge in [0.25, 0.3) is 0 Å². The Bertz CT molecular complexity index is 666. The van der Waals surface area contributed by atoms with E-state index in [1.54, 1.807) is 11.3 Å². The highest BCUT2D eigenvalue weighted by molar-refractivity contribution is 7.16. The second kappa shape index (κ2) is 3.89. The number of rotatable bonds is 2. The second-order valence-electron chi connectivity index (χ2n) is 3.92. The van der Waals surface area contributed by atoms with Gasteiger partial charge in [-0.05, 0) is 12.5 Å². The summed E-state index contributed by atoms with van der Waals surface area (Å²) < 4.78 is 0. The minimum absolute atomic E-state index is 0.798. The number of aromatic amines is 1. The van der Waals surface area contributed by atoms with Crippen LogP contribution in [0.3, 0.4) is 0 Å². The summed E-state index contributed by atoms with van der Waals surface area (Å²) in [6.07, 6.45) is 2.91. The van der Waals surface area contributed by atoms with E-state index in [1.807, 2.05) is 18.3 Å². The van der Waals surface area contributed by atoms with E-state index in [2.05, 4.69) is 29.0 Å². The Kier molecular flexibility index (Phi) is 2.37. The summed E-state index contributed by atoms with van der Waals surface area (Å²) in [6, 6.07) is 8.20. The molecule has 0 aliphatic rings. The Morgan fingerprint density at radius 2 is 2.18 bits per heavy atom. The minimum atomic E-state index is 0.798. The van der Waals surface area contributed by atoms with Gasteiger partial charge in [-0.2, -0.15) is 0 Å². The van der Waals surface area contributed by atoms with E-state index < -0.39 is 0 Å². The van der Waals surface area contributed by atoms with E-state index in [-0.39, 0.29) is 0 Å². The first-order chi connectivity index (χ1) is 8.29. The van der Waals surface area contributed by atoms with Gasteiger partial charge >= 0.3 is 0 Å². The minimum Gasteiger partial charge on any atom is -0.389 e. The maximum absolute atomic E-state index is 6.04. The molecule has 0 aliphatic carbocycles. The molecular formula is C13H13N3S. The summed E-state index contributed by atoms with van der Waals surface area (Å²) in [5, 5.41) is 3.06. The number of hydrogen-bond acceptors (Lipinski definition) is 3. The molecule has 0 bridgehead atoms. The summed E-state index contributed by atoms with van der Waals surface area (Å²) in [5.41, 5.74) is 9.16. The molecule has 1 aromatic carbocycles. The van der Waals surface area contributed by atoms with Gasteiger partial charge in [-0.15, -0.1) is 11.3 Å². The standard InChI is InChI=1S/C13H13N3S/c1-2-11-16-12(13(14)17-11)9-7-15-10-6-4-3-5-8(9)10/h3-7,15H,2,14H2,1H3. The van der Waals surface area contributed by atoms with Gasteiger partial charge in [-0.1, -0.05) is 25.1 Å². The zero-order valence-corrected chi connectivity index (χ0v) is 10.3. The van der Waals surface area contributed by atoms with Crippen molar-refractivity contribution in [3.05, 3.63) is 35.5 Å². The van der Waals surface area contributed by atoms with Gasteiger partial charge in [-0.3, -0.25) is 0 Å². The normalized spacial score (nSPS) is 11.1. The van der Waals surface area contributed by atoms with Crippen molar-refractivity contribution in [2.45, 2.75) is 13.3 Å². The van der Waals surface area contributed by atoms with Gasteiger partial charge in [-0.25, -0.2) is 4.98 Å². The van der Waals surface area contributed by atoms with Gasteiger partial charge in [0.2, 0.25) is 0 Å². The number of thiazole rings is 1. The number of H-pyrrole nitrogens is 1. The number of para-hydroxylation sites is 1. The Morgan fingerprint density at radius 1 is 1.35 bits per heavy atom. The lowest BCUT2D eigenvalue weighted by atomic mass is 10.1. The van der Waals surface area contributed by atoms with E-state index in [9.17, 15) is 0 Å². The molecule has 0 saturated heterocycles. The molecule has 3 nitrogen and oxygen atoms in total. The molecule has 4 heteroatoms. The molecule has 2 aromatic heterocycles. The fraction of sp³-hybridized carbons (Fsp3) is 0.154. The van der Waals surface area contributed by atoms with Crippen LogP contribution in [0.1, 0.15) is 11.9 Å². The number of anilines is 1. The molecule has 17 heavy (non-hydrogen) atoms. The zero-order valence-electron chi connectivity index (χ0n) is 9.53. The number of aryl methyl sites for hydroxylation is 1. The van der Waals surface area contributed by atoms with Crippen molar-refractivity contribution < 1.29 is 0 Å². The van der Waals surface area contributed by atoms with Crippen molar-refractivity contribution >= 4 is 27.2 Å². The summed E-state index contributed by atoms with van der Waals surface area (Å²) >= 11 is 1.57. The molecule has 0 radical (unpaired) electrons. The van der Waals surface area contributed by atoms with Crippen LogP contribution in [0.5, 0.6) is 0 Å². The average Bonchev–Trinajstić information content (AvgIpc) is 2.92. The number of benzene rings is 1. The van der Waals surface area contributed by atoms with Crippen molar-refractivity contribution in [1.82, 2.24) is 9.97 Å². The summed E-state index contributed by atoms with van der Waals surface area (Å²) in [6.45, 7) is 2.09. The third kappa shape index (κ3) is 1.61. The van der Waals surface area contributed by atoms with Crippen LogP contribution in [0, 0.1) is 0 Å². The fourth-order valence-corrected chi connectivity index (χ4v) is 2.78. The fourth-order valence-electron chi connectivity index (χ4n) is 1.99. The van der Waals surface area contributed by atoms with Crippen molar-refractivity contribution in [2.24, 2.45) is 0 Å². The van der Waals surface area contributed by atoms with E-state index in [0.717, 1.165) is 33.2 Å². The molecule has 3 rings (SSSR count). The molecule has 0 amide bonds. The summed E-state index contributed by atoms with van der Waals surface area (Å²) in [7, 11) is 0. The molecule has 0 spiro atoms. The van der Waals surface area contributed by atoms with E-state index >= 15 is 0 Å². The second-order valence-corrected chi connectivity index (χ2v) is 5.04. The lowest BCUT2D eigenvalue weighted by Gasteiger charge is -1.95. The molecule has 0 atom stereocenters. The van der Waals surface area contributed by atoms with Crippen molar-refractivity contribution in [3.63, 3.8) is 0 Å². The Balaban J connectivity index is 2.23. The van der Waals surface area contributed by atoms with Crippen LogP contribution < -0.4 is 5.73 Å². The molecule has 3 N–H and O–H groups in total. The van der Waals surface area contributed by atoms with Crippen LogP contribution in [-0.4, -0.2) is 9.97 Å². The average molecular weight is 243 g/mol. The Labute approximate surface area is 103 Å². The molecule has 2 heterocycles. The predicted molar refractivity (Wildman–Crippen MR) is 73.2 cm³/mol.